The van der Waals surface area contributed by atoms with Crippen LogP contribution in [0.1, 0.15) is 10.5 Å². The second kappa shape index (κ2) is 5.61. The lowest BCUT2D eigenvalue weighted by molar-refractivity contribution is 0.0595. The summed E-state index contributed by atoms with van der Waals surface area (Å²) in [6.07, 6.45) is 3.78. The molecule has 0 aliphatic heterocycles. The Morgan fingerprint density at radius 2 is 2.14 bits per heavy atom. The number of aryl methyl sites for hydroxylation is 1. The summed E-state index contributed by atoms with van der Waals surface area (Å²) in [5.74, 6) is -0.526. The van der Waals surface area contributed by atoms with Gasteiger partial charge in [0.2, 0.25) is 0 Å². The number of methoxy groups -OCH3 is 1. The lowest BCUT2D eigenvalue weighted by Gasteiger charge is -2.03. The highest BCUT2D eigenvalue weighted by atomic mass is 35.5. The van der Waals surface area contributed by atoms with E-state index in [1.54, 1.807) is 12.1 Å². The van der Waals surface area contributed by atoms with Gasteiger partial charge in [-0.2, -0.15) is 5.10 Å². The first kappa shape index (κ1) is 14.3. The molecule has 0 atom stereocenters. The van der Waals surface area contributed by atoms with Crippen molar-refractivity contribution in [2.75, 3.05) is 7.11 Å². The third-order valence-corrected chi connectivity index (χ3v) is 3.35. The molecule has 3 aromatic rings. The Balaban J connectivity index is 2.21. The van der Waals surface area contributed by atoms with Crippen molar-refractivity contribution in [2.24, 2.45) is 7.05 Å². The molecule has 8 heteroatoms. The van der Waals surface area contributed by atoms with Crippen molar-refractivity contribution in [1.29, 1.82) is 0 Å². The summed E-state index contributed by atoms with van der Waals surface area (Å²) in [5, 5.41) is 15.1. The van der Waals surface area contributed by atoms with Crippen molar-refractivity contribution in [2.45, 2.75) is 0 Å². The van der Waals surface area contributed by atoms with E-state index in [9.17, 15) is 4.79 Å². The van der Waals surface area contributed by atoms with Crippen LogP contribution in [-0.2, 0) is 11.8 Å². The van der Waals surface area contributed by atoms with Gasteiger partial charge in [-0.15, -0.1) is 10.2 Å². The van der Waals surface area contributed by atoms with E-state index >= 15 is 0 Å². The number of aromatic nitrogens is 5. The van der Waals surface area contributed by atoms with Gasteiger partial charge in [0.05, 0.1) is 18.4 Å². The highest BCUT2D eigenvalue weighted by Gasteiger charge is 2.23. The average Bonchev–Trinajstić information content (AvgIpc) is 3.13. The fraction of sp³-hybridized carbons (Fsp3) is 0.143. The molecule has 0 fully saturated rings. The molecule has 3 rings (SSSR count). The van der Waals surface area contributed by atoms with Crippen LogP contribution in [0.2, 0.25) is 5.15 Å². The maximum Gasteiger partial charge on any atom is 0.356 e. The van der Waals surface area contributed by atoms with E-state index in [0.717, 1.165) is 5.56 Å². The monoisotopic (exact) mass is 317 g/mol. The van der Waals surface area contributed by atoms with Crippen molar-refractivity contribution in [3.8, 4) is 22.5 Å². The van der Waals surface area contributed by atoms with Crippen LogP contribution < -0.4 is 0 Å². The number of nitrogens with one attached hydrogen (secondary N) is 1. The summed E-state index contributed by atoms with van der Waals surface area (Å²) in [6.45, 7) is 0. The summed E-state index contributed by atoms with van der Waals surface area (Å²) in [6, 6.07) is 5.18. The lowest BCUT2D eigenvalue weighted by atomic mass is 10.1. The lowest BCUT2D eigenvalue weighted by Crippen LogP contribution is -2.04. The van der Waals surface area contributed by atoms with Crippen molar-refractivity contribution < 1.29 is 9.53 Å². The average molecular weight is 318 g/mol. The molecule has 0 bridgehead atoms. The molecule has 0 amide bonds. The molecule has 3 aromatic heterocycles. The Morgan fingerprint density at radius 3 is 2.73 bits per heavy atom. The molecular formula is C14H12ClN5O2. The first-order valence-electron chi connectivity index (χ1n) is 6.38. The molecule has 0 unspecified atom stereocenters. The Bertz CT molecular complexity index is 822. The molecule has 0 saturated carbocycles. The van der Waals surface area contributed by atoms with Gasteiger partial charge in [-0.25, -0.2) is 4.79 Å². The number of nitrogens with zero attached hydrogens (tertiary/aromatic N) is 4. The predicted octanol–water partition coefficient (Wildman–Crippen LogP) is 2.31. The summed E-state index contributed by atoms with van der Waals surface area (Å²) in [4.78, 5) is 12.0. The minimum atomic E-state index is -0.526. The SMILES string of the molecule is COC(=O)c1[nH]nc(-c2ccn(C)c2)c1-c1ccc(Cl)nn1. The number of carbonyl (C=O) groups excluding carboxylic acids is 1. The first-order chi connectivity index (χ1) is 10.6. The molecule has 0 aliphatic carbocycles. The van der Waals surface area contributed by atoms with Crippen LogP contribution in [0.25, 0.3) is 22.5 Å². The van der Waals surface area contributed by atoms with Gasteiger partial charge in [0.15, 0.2) is 10.8 Å². The van der Waals surface area contributed by atoms with Crippen LogP contribution in [0.15, 0.2) is 30.6 Å². The summed E-state index contributed by atoms with van der Waals surface area (Å²) in [5.41, 5.74) is 2.68. The Labute approximate surface area is 130 Å². The molecule has 7 nitrogen and oxygen atoms in total. The quantitative estimate of drug-likeness (QED) is 0.749. The number of H-pyrrole nitrogens is 1. The van der Waals surface area contributed by atoms with Gasteiger partial charge in [0, 0.05) is 25.0 Å². The van der Waals surface area contributed by atoms with Gasteiger partial charge in [-0.3, -0.25) is 5.10 Å². The molecule has 0 aliphatic rings. The molecule has 0 saturated heterocycles. The number of rotatable bonds is 3. The zero-order valence-corrected chi connectivity index (χ0v) is 12.6. The van der Waals surface area contributed by atoms with Crippen LogP contribution in [0.3, 0.4) is 0 Å². The third kappa shape index (κ3) is 2.46. The predicted molar refractivity (Wildman–Crippen MR) is 80.4 cm³/mol. The van der Waals surface area contributed by atoms with Crippen molar-refractivity contribution >= 4 is 17.6 Å². The fourth-order valence-electron chi connectivity index (χ4n) is 2.14. The van der Waals surface area contributed by atoms with Crippen molar-refractivity contribution in [3.05, 3.63) is 41.4 Å². The number of carbonyl (C=O) groups is 1. The summed E-state index contributed by atoms with van der Waals surface area (Å²) >= 11 is 5.77. The first-order valence-corrected chi connectivity index (χ1v) is 6.76. The van der Waals surface area contributed by atoms with Crippen LogP contribution in [-0.4, -0.2) is 38.0 Å². The number of halogens is 1. The third-order valence-electron chi connectivity index (χ3n) is 3.15. The topological polar surface area (TPSA) is 85.7 Å². The van der Waals surface area contributed by atoms with Crippen LogP contribution in [0.5, 0.6) is 0 Å². The maximum atomic E-state index is 12.0. The highest BCUT2D eigenvalue weighted by molar-refractivity contribution is 6.29. The van der Waals surface area contributed by atoms with Gasteiger partial charge in [0.1, 0.15) is 5.69 Å². The molecule has 1 N–H and O–H groups in total. The van der Waals surface area contributed by atoms with E-state index in [4.69, 9.17) is 16.3 Å². The number of esters is 1. The fourth-order valence-corrected chi connectivity index (χ4v) is 2.24. The zero-order chi connectivity index (χ0) is 15.7. The molecule has 0 spiro atoms. The second-order valence-corrected chi connectivity index (χ2v) is 5.01. The normalized spacial score (nSPS) is 10.7. The molecule has 3 heterocycles. The standard InChI is InChI=1S/C14H12ClN5O2/c1-20-6-5-8(7-20)12-11(9-3-4-10(15)17-16-9)13(19-18-12)14(21)22-2/h3-7H,1-2H3,(H,18,19). The minimum Gasteiger partial charge on any atom is -0.464 e. The van der Waals surface area contributed by atoms with Gasteiger partial charge in [0.25, 0.3) is 0 Å². The van der Waals surface area contributed by atoms with Gasteiger partial charge in [-0.1, -0.05) is 11.6 Å². The van der Waals surface area contributed by atoms with E-state index in [0.29, 0.717) is 17.0 Å². The largest absolute Gasteiger partial charge is 0.464 e. The van der Waals surface area contributed by atoms with E-state index in [-0.39, 0.29) is 10.8 Å². The number of ether oxygens (including phenoxy) is 1. The summed E-state index contributed by atoms with van der Waals surface area (Å²) in [7, 11) is 3.21. The molecule has 112 valence electrons. The molecule has 0 aromatic carbocycles. The van der Waals surface area contributed by atoms with E-state index in [1.807, 2.05) is 30.1 Å². The molecule has 22 heavy (non-hydrogen) atoms. The second-order valence-electron chi connectivity index (χ2n) is 4.62. The highest BCUT2D eigenvalue weighted by Crippen LogP contribution is 2.32. The van der Waals surface area contributed by atoms with Gasteiger partial charge < -0.3 is 9.30 Å². The van der Waals surface area contributed by atoms with Crippen LogP contribution in [0, 0.1) is 0 Å². The minimum absolute atomic E-state index is 0.220. The summed E-state index contributed by atoms with van der Waals surface area (Å²) < 4.78 is 6.67. The maximum absolute atomic E-state index is 12.0. The zero-order valence-electron chi connectivity index (χ0n) is 11.9. The molecular weight excluding hydrogens is 306 g/mol. The van der Waals surface area contributed by atoms with Crippen LogP contribution >= 0.6 is 11.6 Å². The van der Waals surface area contributed by atoms with E-state index < -0.39 is 5.97 Å². The smallest absolute Gasteiger partial charge is 0.356 e. The Morgan fingerprint density at radius 1 is 1.32 bits per heavy atom. The van der Waals surface area contributed by atoms with Crippen molar-refractivity contribution in [1.82, 2.24) is 25.0 Å². The Hall–Kier alpha value is -2.67. The van der Waals surface area contributed by atoms with Crippen molar-refractivity contribution in [3.63, 3.8) is 0 Å². The van der Waals surface area contributed by atoms with Gasteiger partial charge >= 0.3 is 5.97 Å². The van der Waals surface area contributed by atoms with E-state index in [2.05, 4.69) is 20.4 Å². The van der Waals surface area contributed by atoms with E-state index in [1.165, 1.54) is 7.11 Å². The Kier molecular flexibility index (Phi) is 3.64. The number of hydrogen-bond donors (Lipinski definition) is 1. The van der Waals surface area contributed by atoms with Gasteiger partial charge in [-0.05, 0) is 18.2 Å². The number of hydrogen-bond acceptors (Lipinski definition) is 5. The number of aromatic amines is 1. The van der Waals surface area contributed by atoms with Crippen LogP contribution in [0.4, 0.5) is 0 Å². The molecule has 0 radical (unpaired) electrons.